The number of hydrogen-bond donors (Lipinski definition) is 1. The van der Waals surface area contributed by atoms with Crippen molar-refractivity contribution in [2.45, 2.75) is 25.1 Å². The Morgan fingerprint density at radius 1 is 1.43 bits per heavy atom. The molecule has 0 bridgehead atoms. The van der Waals surface area contributed by atoms with Gasteiger partial charge in [-0.2, -0.15) is 11.8 Å². The van der Waals surface area contributed by atoms with E-state index in [1.807, 2.05) is 36.0 Å². The standard InChI is InChI=1S/C16H19NO3S/c1-16(2)10-17(7-8-21-16)9-13-14(15(18)19)11-5-3-4-6-12(11)20-13/h3-6H,7-10H2,1-2H3,(H,18,19). The number of fused-ring (bicyclic) bond motifs is 1. The number of aromatic carboxylic acids is 1. The average molecular weight is 305 g/mol. The van der Waals surface area contributed by atoms with Gasteiger partial charge in [0.05, 0.1) is 6.54 Å². The molecule has 1 fully saturated rings. The maximum absolute atomic E-state index is 11.6. The molecule has 0 unspecified atom stereocenters. The van der Waals surface area contributed by atoms with Gasteiger partial charge >= 0.3 is 5.97 Å². The van der Waals surface area contributed by atoms with Gasteiger partial charge in [0.25, 0.3) is 0 Å². The summed E-state index contributed by atoms with van der Waals surface area (Å²) in [6, 6.07) is 7.33. The van der Waals surface area contributed by atoms with Gasteiger partial charge in [0.2, 0.25) is 0 Å². The largest absolute Gasteiger partial charge is 0.478 e. The van der Waals surface area contributed by atoms with Crippen LogP contribution in [0.5, 0.6) is 0 Å². The van der Waals surface area contributed by atoms with E-state index in [2.05, 4.69) is 18.7 Å². The zero-order valence-electron chi connectivity index (χ0n) is 12.3. The first-order valence-electron chi connectivity index (χ1n) is 7.06. The Hall–Kier alpha value is -1.46. The van der Waals surface area contributed by atoms with Crippen LogP contribution in [0.15, 0.2) is 28.7 Å². The molecule has 1 aromatic carbocycles. The van der Waals surface area contributed by atoms with Crippen molar-refractivity contribution in [3.05, 3.63) is 35.6 Å². The molecular formula is C16H19NO3S. The van der Waals surface area contributed by atoms with Crippen LogP contribution in [0.25, 0.3) is 11.0 Å². The summed E-state index contributed by atoms with van der Waals surface area (Å²) in [5.41, 5.74) is 0.956. The lowest BCUT2D eigenvalue weighted by Crippen LogP contribution is -2.42. The normalized spacial score (nSPS) is 19.0. The van der Waals surface area contributed by atoms with Gasteiger partial charge in [-0.1, -0.05) is 18.2 Å². The molecule has 2 aromatic rings. The summed E-state index contributed by atoms with van der Waals surface area (Å²) >= 11 is 1.96. The summed E-state index contributed by atoms with van der Waals surface area (Å²) in [6.07, 6.45) is 0. The third-order valence-electron chi connectivity index (χ3n) is 3.75. The molecule has 4 nitrogen and oxygen atoms in total. The second-order valence-electron chi connectivity index (χ2n) is 6.02. The van der Waals surface area contributed by atoms with Gasteiger partial charge in [0.1, 0.15) is 16.9 Å². The number of carboxylic acid groups (broad SMARTS) is 1. The minimum Gasteiger partial charge on any atom is -0.478 e. The number of thioether (sulfide) groups is 1. The Kier molecular flexibility index (Phi) is 3.71. The van der Waals surface area contributed by atoms with Crippen LogP contribution in [0.3, 0.4) is 0 Å². The molecule has 112 valence electrons. The molecule has 0 amide bonds. The fourth-order valence-electron chi connectivity index (χ4n) is 2.89. The summed E-state index contributed by atoms with van der Waals surface area (Å²) in [5.74, 6) is 0.710. The molecule has 1 N–H and O–H groups in total. The summed E-state index contributed by atoms with van der Waals surface area (Å²) in [7, 11) is 0. The van der Waals surface area contributed by atoms with E-state index in [1.54, 1.807) is 0 Å². The molecule has 0 spiro atoms. The van der Waals surface area contributed by atoms with Crippen molar-refractivity contribution >= 4 is 28.7 Å². The predicted molar refractivity (Wildman–Crippen MR) is 85.0 cm³/mol. The van der Waals surface area contributed by atoms with E-state index in [0.717, 1.165) is 18.8 Å². The van der Waals surface area contributed by atoms with E-state index < -0.39 is 5.97 Å². The first kappa shape index (κ1) is 14.5. The van der Waals surface area contributed by atoms with Crippen LogP contribution in [0, 0.1) is 0 Å². The Morgan fingerprint density at radius 2 is 2.19 bits per heavy atom. The van der Waals surface area contributed by atoms with Gasteiger partial charge in [-0.15, -0.1) is 0 Å². The monoisotopic (exact) mass is 305 g/mol. The van der Waals surface area contributed by atoms with Crippen molar-refractivity contribution in [2.24, 2.45) is 0 Å². The minimum atomic E-state index is -0.916. The minimum absolute atomic E-state index is 0.202. The second kappa shape index (κ2) is 5.39. The molecule has 1 aliphatic heterocycles. The van der Waals surface area contributed by atoms with E-state index in [-0.39, 0.29) is 4.75 Å². The molecule has 1 aliphatic rings. The third kappa shape index (κ3) is 2.94. The molecule has 0 atom stereocenters. The van der Waals surface area contributed by atoms with Crippen LogP contribution in [0.4, 0.5) is 0 Å². The van der Waals surface area contributed by atoms with Gasteiger partial charge in [-0.05, 0) is 19.9 Å². The maximum atomic E-state index is 11.6. The fraction of sp³-hybridized carbons (Fsp3) is 0.438. The van der Waals surface area contributed by atoms with Gasteiger partial charge in [0.15, 0.2) is 0 Å². The van der Waals surface area contributed by atoms with E-state index in [0.29, 0.717) is 28.8 Å². The van der Waals surface area contributed by atoms with Crippen LogP contribution in [0.2, 0.25) is 0 Å². The van der Waals surface area contributed by atoms with Crippen LogP contribution < -0.4 is 0 Å². The van der Waals surface area contributed by atoms with Crippen LogP contribution in [-0.4, -0.2) is 39.6 Å². The molecule has 0 saturated carbocycles. The van der Waals surface area contributed by atoms with E-state index in [1.165, 1.54) is 0 Å². The summed E-state index contributed by atoms with van der Waals surface area (Å²) in [6.45, 7) is 6.90. The summed E-state index contributed by atoms with van der Waals surface area (Å²) < 4.78 is 6.00. The number of nitrogens with zero attached hydrogens (tertiary/aromatic N) is 1. The quantitative estimate of drug-likeness (QED) is 0.941. The maximum Gasteiger partial charge on any atom is 0.339 e. The van der Waals surface area contributed by atoms with E-state index in [9.17, 15) is 9.90 Å². The Morgan fingerprint density at radius 3 is 2.90 bits per heavy atom. The highest BCUT2D eigenvalue weighted by atomic mass is 32.2. The van der Waals surface area contributed by atoms with Crippen molar-refractivity contribution in [1.82, 2.24) is 4.90 Å². The predicted octanol–water partition coefficient (Wildman–Crippen LogP) is 3.46. The molecule has 3 rings (SSSR count). The highest BCUT2D eigenvalue weighted by Crippen LogP contribution is 2.32. The molecule has 21 heavy (non-hydrogen) atoms. The van der Waals surface area contributed by atoms with Crippen molar-refractivity contribution in [3.8, 4) is 0 Å². The van der Waals surface area contributed by atoms with Crippen molar-refractivity contribution in [1.29, 1.82) is 0 Å². The molecule has 2 heterocycles. The van der Waals surface area contributed by atoms with Crippen molar-refractivity contribution in [3.63, 3.8) is 0 Å². The first-order chi connectivity index (χ1) is 9.96. The number of carbonyl (C=O) groups is 1. The highest BCUT2D eigenvalue weighted by molar-refractivity contribution is 8.00. The lowest BCUT2D eigenvalue weighted by molar-refractivity contribution is 0.0694. The topological polar surface area (TPSA) is 53.7 Å². The molecule has 0 aliphatic carbocycles. The van der Waals surface area contributed by atoms with Gasteiger partial charge < -0.3 is 9.52 Å². The highest BCUT2D eigenvalue weighted by Gasteiger charge is 2.29. The molecule has 0 radical (unpaired) electrons. The Labute approximate surface area is 128 Å². The smallest absolute Gasteiger partial charge is 0.339 e. The zero-order valence-corrected chi connectivity index (χ0v) is 13.1. The van der Waals surface area contributed by atoms with Gasteiger partial charge in [0, 0.05) is 29.0 Å². The van der Waals surface area contributed by atoms with E-state index in [4.69, 9.17) is 4.42 Å². The molecule has 1 aromatic heterocycles. The lowest BCUT2D eigenvalue weighted by atomic mass is 10.1. The van der Waals surface area contributed by atoms with Gasteiger partial charge in [-0.25, -0.2) is 4.79 Å². The molecular weight excluding hydrogens is 286 g/mol. The summed E-state index contributed by atoms with van der Waals surface area (Å²) in [5, 5.41) is 10.2. The van der Waals surface area contributed by atoms with Crippen molar-refractivity contribution < 1.29 is 14.3 Å². The van der Waals surface area contributed by atoms with Crippen LogP contribution in [0.1, 0.15) is 30.0 Å². The number of benzene rings is 1. The first-order valence-corrected chi connectivity index (χ1v) is 8.05. The average Bonchev–Trinajstić information content (AvgIpc) is 2.75. The SMILES string of the molecule is CC1(C)CN(Cc2oc3ccccc3c2C(=O)O)CCS1. The number of rotatable bonds is 3. The fourth-order valence-corrected chi connectivity index (χ4v) is 4.07. The summed E-state index contributed by atoms with van der Waals surface area (Å²) in [4.78, 5) is 13.9. The lowest BCUT2D eigenvalue weighted by Gasteiger charge is -2.37. The van der Waals surface area contributed by atoms with Crippen molar-refractivity contribution in [2.75, 3.05) is 18.8 Å². The number of carboxylic acids is 1. The number of furan rings is 1. The Bertz CT molecular complexity index is 677. The third-order valence-corrected chi connectivity index (χ3v) is 5.05. The second-order valence-corrected chi connectivity index (χ2v) is 7.82. The van der Waals surface area contributed by atoms with E-state index >= 15 is 0 Å². The van der Waals surface area contributed by atoms with Gasteiger partial charge in [-0.3, -0.25) is 4.90 Å². The zero-order chi connectivity index (χ0) is 15.0. The van der Waals surface area contributed by atoms with Crippen LogP contribution >= 0.6 is 11.8 Å². The number of para-hydroxylation sites is 1. The molecule has 1 saturated heterocycles. The molecule has 5 heteroatoms. The number of hydrogen-bond acceptors (Lipinski definition) is 4. The van der Waals surface area contributed by atoms with Crippen LogP contribution in [-0.2, 0) is 6.54 Å². The Balaban J connectivity index is 1.93.